The van der Waals surface area contributed by atoms with E-state index in [4.69, 9.17) is 0 Å². The zero-order valence-electron chi connectivity index (χ0n) is 5.16. The lowest BCUT2D eigenvalue weighted by Gasteiger charge is -1.92. The van der Waals surface area contributed by atoms with Crippen molar-refractivity contribution in [2.45, 2.75) is 5.03 Å². The fourth-order valence-electron chi connectivity index (χ4n) is 0.525. The van der Waals surface area contributed by atoms with Crippen molar-refractivity contribution >= 4 is 26.2 Å². The van der Waals surface area contributed by atoms with Gasteiger partial charge in [-0.2, -0.15) is 8.42 Å². The molecule has 0 spiro atoms. The monoisotopic (exact) mass is 239 g/mol. The third kappa shape index (κ3) is 2.23. The average molecular weight is 240 g/mol. The van der Waals surface area contributed by atoms with Crippen LogP contribution in [-0.4, -0.2) is 13.4 Å². The summed E-state index contributed by atoms with van der Waals surface area (Å²) in [4.78, 5) is 3.40. The van der Waals surface area contributed by atoms with Gasteiger partial charge >= 0.3 is 10.2 Å². The van der Waals surface area contributed by atoms with Gasteiger partial charge in [-0.3, -0.25) is 0 Å². The predicted octanol–water partition coefficient (Wildman–Crippen LogP) is 1.50. The largest absolute Gasteiger partial charge is 0.349 e. The number of halogens is 2. The number of hydrogen-bond donors (Lipinski definition) is 0. The smallest absolute Gasteiger partial charge is 0.227 e. The van der Waals surface area contributed by atoms with Crippen LogP contribution in [-0.2, 0) is 10.2 Å². The van der Waals surface area contributed by atoms with Crippen LogP contribution in [0.15, 0.2) is 27.8 Å². The van der Waals surface area contributed by atoms with Crippen molar-refractivity contribution in [3.05, 3.63) is 22.8 Å². The summed E-state index contributed by atoms with van der Waals surface area (Å²) < 4.78 is 32.9. The van der Waals surface area contributed by atoms with Crippen LogP contribution in [0.1, 0.15) is 0 Å². The van der Waals surface area contributed by atoms with Gasteiger partial charge in [0.05, 0.1) is 0 Å². The van der Waals surface area contributed by atoms with Crippen molar-refractivity contribution in [3.8, 4) is 0 Å². The number of rotatable bonds is 1. The summed E-state index contributed by atoms with van der Waals surface area (Å²) in [5.41, 5.74) is 0. The van der Waals surface area contributed by atoms with E-state index in [9.17, 15) is 12.3 Å². The van der Waals surface area contributed by atoms with Crippen LogP contribution in [0.5, 0.6) is 0 Å². The minimum absolute atomic E-state index is 0.288. The molecule has 1 rings (SSSR count). The van der Waals surface area contributed by atoms with Crippen molar-refractivity contribution in [1.29, 1.82) is 0 Å². The Balaban J connectivity index is 3.28. The first-order valence-electron chi connectivity index (χ1n) is 2.57. The van der Waals surface area contributed by atoms with Gasteiger partial charge in [-0.05, 0) is 28.1 Å². The molecule has 60 valence electrons. The Bertz CT molecular complexity index is 365. The van der Waals surface area contributed by atoms with Crippen LogP contribution in [0, 0.1) is 0 Å². The summed E-state index contributed by atoms with van der Waals surface area (Å²) in [6.45, 7) is 0. The van der Waals surface area contributed by atoms with Crippen LogP contribution in [0.2, 0.25) is 0 Å². The molecule has 0 unspecified atom stereocenters. The molecule has 1 aromatic heterocycles. The van der Waals surface area contributed by atoms with E-state index >= 15 is 0 Å². The number of pyridine rings is 1. The van der Waals surface area contributed by atoms with Crippen LogP contribution < -0.4 is 0 Å². The highest BCUT2D eigenvalue weighted by atomic mass is 79.9. The SMILES string of the molecule is O=S(=O)(F)c1cccc(Br)n1. The van der Waals surface area contributed by atoms with Crippen molar-refractivity contribution in [2.24, 2.45) is 0 Å². The second-order valence-corrected chi connectivity index (χ2v) is 3.84. The molecular formula is C5H3BrFNO2S. The van der Waals surface area contributed by atoms with Crippen LogP contribution >= 0.6 is 15.9 Å². The predicted molar refractivity (Wildman–Crippen MR) is 40.2 cm³/mol. The first kappa shape index (κ1) is 8.61. The summed E-state index contributed by atoms with van der Waals surface area (Å²) in [6, 6.07) is 3.98. The van der Waals surface area contributed by atoms with E-state index in [2.05, 4.69) is 20.9 Å². The summed E-state index contributed by atoms with van der Waals surface area (Å²) in [5.74, 6) is 0. The Kier molecular flexibility index (Phi) is 2.24. The summed E-state index contributed by atoms with van der Waals surface area (Å²) in [5, 5.41) is -0.577. The summed E-state index contributed by atoms with van der Waals surface area (Å²) >= 11 is 2.91. The fourth-order valence-corrected chi connectivity index (χ4v) is 1.43. The minimum Gasteiger partial charge on any atom is -0.227 e. The molecule has 0 atom stereocenters. The van der Waals surface area contributed by atoms with Gasteiger partial charge in [-0.25, -0.2) is 4.98 Å². The molecule has 0 saturated carbocycles. The fraction of sp³-hybridized carbons (Fsp3) is 0. The Morgan fingerprint density at radius 2 is 2.09 bits per heavy atom. The van der Waals surface area contributed by atoms with Crippen molar-refractivity contribution in [1.82, 2.24) is 4.98 Å². The van der Waals surface area contributed by atoms with E-state index < -0.39 is 15.2 Å². The van der Waals surface area contributed by atoms with Gasteiger partial charge in [0.2, 0.25) is 0 Å². The molecule has 0 radical (unpaired) electrons. The topological polar surface area (TPSA) is 47.0 Å². The number of aromatic nitrogens is 1. The van der Waals surface area contributed by atoms with E-state index in [1.165, 1.54) is 12.1 Å². The number of nitrogens with zero attached hydrogens (tertiary/aromatic N) is 1. The van der Waals surface area contributed by atoms with Gasteiger partial charge in [0, 0.05) is 0 Å². The minimum atomic E-state index is -4.67. The van der Waals surface area contributed by atoms with Gasteiger partial charge < -0.3 is 0 Å². The van der Waals surface area contributed by atoms with E-state index in [1.54, 1.807) is 0 Å². The van der Waals surface area contributed by atoms with Crippen molar-refractivity contribution in [3.63, 3.8) is 0 Å². The first-order chi connectivity index (χ1) is 5.00. The van der Waals surface area contributed by atoms with Gasteiger partial charge in [-0.1, -0.05) is 9.95 Å². The third-order valence-corrected chi connectivity index (χ3v) is 2.11. The molecule has 0 aliphatic heterocycles. The Labute approximate surface area is 71.6 Å². The van der Waals surface area contributed by atoms with E-state index in [0.29, 0.717) is 0 Å². The zero-order valence-corrected chi connectivity index (χ0v) is 7.56. The number of hydrogen-bond acceptors (Lipinski definition) is 3. The maximum atomic E-state index is 12.2. The van der Waals surface area contributed by atoms with Crippen LogP contribution in [0.25, 0.3) is 0 Å². The Morgan fingerprint density at radius 1 is 1.45 bits per heavy atom. The quantitative estimate of drug-likeness (QED) is 0.552. The molecular weight excluding hydrogens is 237 g/mol. The molecule has 0 aliphatic carbocycles. The van der Waals surface area contributed by atoms with E-state index in [0.717, 1.165) is 6.07 Å². The Hall–Kier alpha value is -0.490. The molecule has 6 heteroatoms. The zero-order chi connectivity index (χ0) is 8.48. The Morgan fingerprint density at radius 3 is 2.45 bits per heavy atom. The van der Waals surface area contributed by atoms with Crippen LogP contribution in [0.3, 0.4) is 0 Å². The lowest BCUT2D eigenvalue weighted by atomic mass is 10.5. The maximum Gasteiger partial charge on any atom is 0.349 e. The normalized spacial score (nSPS) is 11.5. The lowest BCUT2D eigenvalue weighted by molar-refractivity contribution is 0.547. The maximum absolute atomic E-state index is 12.2. The molecule has 0 N–H and O–H groups in total. The second-order valence-electron chi connectivity index (χ2n) is 1.74. The van der Waals surface area contributed by atoms with E-state index in [-0.39, 0.29) is 4.60 Å². The van der Waals surface area contributed by atoms with Crippen LogP contribution in [0.4, 0.5) is 3.89 Å². The first-order valence-corrected chi connectivity index (χ1v) is 4.75. The van der Waals surface area contributed by atoms with Gasteiger partial charge in [0.25, 0.3) is 0 Å². The lowest BCUT2D eigenvalue weighted by Crippen LogP contribution is -1.95. The van der Waals surface area contributed by atoms with Gasteiger partial charge in [0.1, 0.15) is 4.60 Å². The molecule has 3 nitrogen and oxygen atoms in total. The van der Waals surface area contributed by atoms with Gasteiger partial charge in [-0.15, -0.1) is 0 Å². The molecule has 0 saturated heterocycles. The highest BCUT2D eigenvalue weighted by molar-refractivity contribution is 9.10. The highest BCUT2D eigenvalue weighted by Crippen LogP contribution is 2.12. The summed E-state index contributed by atoms with van der Waals surface area (Å²) in [7, 11) is -4.67. The molecule has 1 heterocycles. The van der Waals surface area contributed by atoms with E-state index in [1.807, 2.05) is 0 Å². The molecule has 1 aromatic rings. The summed E-state index contributed by atoms with van der Waals surface area (Å²) in [6.07, 6.45) is 0. The standard InChI is InChI=1S/C5H3BrFNO2S/c6-4-2-1-3-5(8-4)11(7,9)10/h1-3H. The third-order valence-electron chi connectivity index (χ3n) is 0.939. The second kappa shape index (κ2) is 2.86. The average Bonchev–Trinajstić information content (AvgIpc) is 1.86. The molecule has 0 aromatic carbocycles. The van der Waals surface area contributed by atoms with Crippen molar-refractivity contribution in [2.75, 3.05) is 0 Å². The molecule has 0 aliphatic rings. The van der Waals surface area contributed by atoms with Gasteiger partial charge in [0.15, 0.2) is 5.03 Å². The molecule has 0 fully saturated rings. The molecule has 11 heavy (non-hydrogen) atoms. The molecule has 0 amide bonds. The highest BCUT2D eigenvalue weighted by Gasteiger charge is 2.12. The van der Waals surface area contributed by atoms with Crippen molar-refractivity contribution < 1.29 is 12.3 Å². The molecule has 0 bridgehead atoms.